The Balaban J connectivity index is 2.23. The van der Waals surface area contributed by atoms with E-state index in [9.17, 15) is 0 Å². The molecule has 0 saturated heterocycles. The molecule has 0 unspecified atom stereocenters. The van der Waals surface area contributed by atoms with Gasteiger partial charge in [-0.2, -0.15) is 0 Å². The van der Waals surface area contributed by atoms with Crippen LogP contribution in [0.5, 0.6) is 0 Å². The van der Waals surface area contributed by atoms with Gasteiger partial charge in [0.05, 0.1) is 0 Å². The molecule has 1 heterocycles. The highest BCUT2D eigenvalue weighted by atomic mass is 32.1. The van der Waals surface area contributed by atoms with Crippen molar-refractivity contribution < 1.29 is 0 Å². The fourth-order valence-electron chi connectivity index (χ4n) is 1.70. The second kappa shape index (κ2) is 4.66. The van der Waals surface area contributed by atoms with Crippen molar-refractivity contribution in [3.05, 3.63) is 46.0 Å². The summed E-state index contributed by atoms with van der Waals surface area (Å²) in [6, 6.07) is 6.48. The molecule has 1 N–H and O–H groups in total. The molecule has 0 spiro atoms. The molecule has 0 aliphatic heterocycles. The Morgan fingerprint density at radius 1 is 1.31 bits per heavy atom. The van der Waals surface area contributed by atoms with Crippen LogP contribution in [0.2, 0.25) is 0 Å². The van der Waals surface area contributed by atoms with Crippen LogP contribution in [0.3, 0.4) is 0 Å². The minimum absolute atomic E-state index is 0.979. The van der Waals surface area contributed by atoms with Crippen LogP contribution < -0.4 is 5.32 Å². The van der Waals surface area contributed by atoms with E-state index in [4.69, 9.17) is 0 Å². The highest BCUT2D eigenvalue weighted by Gasteiger charge is 2.05. The number of nitrogens with zero attached hydrogens (tertiary/aromatic N) is 1. The van der Waals surface area contributed by atoms with Gasteiger partial charge >= 0.3 is 0 Å². The van der Waals surface area contributed by atoms with Crippen LogP contribution in [-0.4, -0.2) is 12.0 Å². The van der Waals surface area contributed by atoms with Gasteiger partial charge in [0.2, 0.25) is 0 Å². The van der Waals surface area contributed by atoms with Crippen LogP contribution >= 0.6 is 11.3 Å². The summed E-state index contributed by atoms with van der Waals surface area (Å²) in [5.74, 6) is 0. The first-order valence-corrected chi connectivity index (χ1v) is 6.20. The molecule has 0 fully saturated rings. The molecule has 2 rings (SSSR count). The third-order valence-corrected chi connectivity index (χ3v) is 3.86. The first kappa shape index (κ1) is 11.1. The Labute approximate surface area is 100 Å². The highest BCUT2D eigenvalue weighted by Crippen LogP contribution is 2.23. The third kappa shape index (κ3) is 2.25. The molecule has 0 radical (unpaired) electrons. The fourth-order valence-corrected chi connectivity index (χ4v) is 2.48. The standard InChI is InChI=1S/C13H16N2S/c1-9-5-4-6-11(10(9)2)7-12-8-15-13(14-3)16-12/h4-6,8H,7H2,1-3H3,(H,14,15). The quantitative estimate of drug-likeness (QED) is 0.877. The molecule has 2 aromatic rings. The summed E-state index contributed by atoms with van der Waals surface area (Å²) in [7, 11) is 1.90. The molecular weight excluding hydrogens is 216 g/mol. The van der Waals surface area contributed by atoms with Gasteiger partial charge in [0.1, 0.15) is 0 Å². The predicted octanol–water partition coefficient (Wildman–Crippen LogP) is 3.39. The summed E-state index contributed by atoms with van der Waals surface area (Å²) in [5.41, 5.74) is 4.14. The van der Waals surface area contributed by atoms with E-state index in [1.807, 2.05) is 13.2 Å². The predicted molar refractivity (Wildman–Crippen MR) is 70.4 cm³/mol. The maximum absolute atomic E-state index is 4.29. The van der Waals surface area contributed by atoms with Gasteiger partial charge in [-0.15, -0.1) is 11.3 Å². The Bertz CT molecular complexity index is 488. The van der Waals surface area contributed by atoms with Crippen molar-refractivity contribution in [2.45, 2.75) is 20.3 Å². The van der Waals surface area contributed by atoms with E-state index in [2.05, 4.69) is 42.3 Å². The molecule has 16 heavy (non-hydrogen) atoms. The number of aromatic nitrogens is 1. The van der Waals surface area contributed by atoms with E-state index in [1.54, 1.807) is 11.3 Å². The lowest BCUT2D eigenvalue weighted by Crippen LogP contribution is -1.91. The van der Waals surface area contributed by atoms with E-state index < -0.39 is 0 Å². The van der Waals surface area contributed by atoms with Crippen LogP contribution in [0, 0.1) is 13.8 Å². The first-order chi connectivity index (χ1) is 7.70. The van der Waals surface area contributed by atoms with Crippen molar-refractivity contribution >= 4 is 16.5 Å². The largest absolute Gasteiger partial charge is 0.365 e. The van der Waals surface area contributed by atoms with E-state index in [1.165, 1.54) is 21.6 Å². The lowest BCUT2D eigenvalue weighted by molar-refractivity contribution is 1.15. The van der Waals surface area contributed by atoms with Gasteiger partial charge in [-0.1, -0.05) is 18.2 Å². The number of hydrogen-bond acceptors (Lipinski definition) is 3. The van der Waals surface area contributed by atoms with Gasteiger partial charge in [-0.25, -0.2) is 4.98 Å². The first-order valence-electron chi connectivity index (χ1n) is 5.38. The van der Waals surface area contributed by atoms with Gasteiger partial charge in [-0.05, 0) is 30.5 Å². The van der Waals surface area contributed by atoms with Crippen LogP contribution in [-0.2, 0) is 6.42 Å². The topological polar surface area (TPSA) is 24.9 Å². The fraction of sp³-hybridized carbons (Fsp3) is 0.308. The number of rotatable bonds is 3. The van der Waals surface area contributed by atoms with E-state index in [0.717, 1.165) is 11.6 Å². The van der Waals surface area contributed by atoms with E-state index >= 15 is 0 Å². The number of hydrogen-bond donors (Lipinski definition) is 1. The zero-order chi connectivity index (χ0) is 11.5. The number of nitrogens with one attached hydrogen (secondary N) is 1. The number of thiazole rings is 1. The maximum atomic E-state index is 4.29. The Morgan fingerprint density at radius 2 is 2.12 bits per heavy atom. The summed E-state index contributed by atoms with van der Waals surface area (Å²) >= 11 is 1.72. The molecule has 1 aromatic carbocycles. The molecular formula is C13H16N2S. The second-order valence-corrected chi connectivity index (χ2v) is 5.03. The molecule has 0 saturated carbocycles. The van der Waals surface area contributed by atoms with Crippen molar-refractivity contribution in [3.8, 4) is 0 Å². The molecule has 84 valence electrons. The third-order valence-electron chi connectivity index (χ3n) is 2.85. The monoisotopic (exact) mass is 232 g/mol. The summed E-state index contributed by atoms with van der Waals surface area (Å²) < 4.78 is 0. The van der Waals surface area contributed by atoms with Crippen LogP contribution in [0.1, 0.15) is 21.6 Å². The van der Waals surface area contributed by atoms with Crippen LogP contribution in [0.4, 0.5) is 5.13 Å². The summed E-state index contributed by atoms with van der Waals surface area (Å²) in [5, 5.41) is 4.05. The van der Waals surface area contributed by atoms with Gasteiger partial charge in [0.25, 0.3) is 0 Å². The zero-order valence-corrected chi connectivity index (χ0v) is 10.7. The normalized spacial score (nSPS) is 10.4. The molecule has 0 aliphatic carbocycles. The SMILES string of the molecule is CNc1ncc(Cc2cccc(C)c2C)s1. The average molecular weight is 232 g/mol. The molecule has 0 bridgehead atoms. The van der Waals surface area contributed by atoms with Gasteiger partial charge < -0.3 is 5.32 Å². The summed E-state index contributed by atoms with van der Waals surface area (Å²) in [6.45, 7) is 4.34. The van der Waals surface area contributed by atoms with Gasteiger partial charge in [-0.3, -0.25) is 0 Å². The Morgan fingerprint density at radius 3 is 2.81 bits per heavy atom. The minimum Gasteiger partial charge on any atom is -0.365 e. The van der Waals surface area contributed by atoms with Crippen LogP contribution in [0.25, 0.3) is 0 Å². The van der Waals surface area contributed by atoms with Crippen molar-refractivity contribution in [1.29, 1.82) is 0 Å². The molecule has 0 atom stereocenters. The number of benzene rings is 1. The highest BCUT2D eigenvalue weighted by molar-refractivity contribution is 7.15. The minimum atomic E-state index is 0.979. The summed E-state index contributed by atoms with van der Waals surface area (Å²) in [6.07, 6.45) is 2.94. The van der Waals surface area contributed by atoms with Crippen molar-refractivity contribution in [1.82, 2.24) is 4.98 Å². The summed E-state index contributed by atoms with van der Waals surface area (Å²) in [4.78, 5) is 5.59. The Kier molecular flexibility index (Phi) is 3.25. The molecule has 1 aromatic heterocycles. The van der Waals surface area contributed by atoms with Crippen molar-refractivity contribution in [2.75, 3.05) is 12.4 Å². The van der Waals surface area contributed by atoms with Crippen molar-refractivity contribution in [3.63, 3.8) is 0 Å². The lowest BCUT2D eigenvalue weighted by atomic mass is 10.0. The average Bonchev–Trinajstić information content (AvgIpc) is 2.73. The molecule has 0 amide bonds. The van der Waals surface area contributed by atoms with E-state index in [-0.39, 0.29) is 0 Å². The number of aryl methyl sites for hydroxylation is 1. The smallest absolute Gasteiger partial charge is 0.182 e. The maximum Gasteiger partial charge on any atom is 0.182 e. The van der Waals surface area contributed by atoms with Crippen molar-refractivity contribution in [2.24, 2.45) is 0 Å². The van der Waals surface area contributed by atoms with Crippen LogP contribution in [0.15, 0.2) is 24.4 Å². The van der Waals surface area contributed by atoms with Gasteiger partial charge in [0.15, 0.2) is 5.13 Å². The molecule has 2 nitrogen and oxygen atoms in total. The second-order valence-electron chi connectivity index (χ2n) is 3.92. The molecule has 0 aliphatic rings. The zero-order valence-electron chi connectivity index (χ0n) is 9.87. The lowest BCUT2D eigenvalue weighted by Gasteiger charge is -2.06. The van der Waals surface area contributed by atoms with Gasteiger partial charge in [0, 0.05) is 24.5 Å². The van der Waals surface area contributed by atoms with E-state index in [0.29, 0.717) is 0 Å². The number of anilines is 1. The Hall–Kier alpha value is -1.35. The molecule has 3 heteroatoms.